The van der Waals surface area contributed by atoms with E-state index in [1.807, 2.05) is 36.7 Å². The Morgan fingerprint density at radius 1 is 1.12 bits per heavy atom. The van der Waals surface area contributed by atoms with Gasteiger partial charge in [-0.1, -0.05) is 12.1 Å². The largest absolute Gasteiger partial charge is 0.444 e. The van der Waals surface area contributed by atoms with E-state index in [2.05, 4.69) is 30.0 Å². The number of hydrogen-bond donors (Lipinski definition) is 3. The fraction of sp³-hybridized carbons (Fsp3) is 0.429. The molecule has 2 aliphatic rings. The quantitative estimate of drug-likeness (QED) is 0.440. The molecule has 4 N–H and O–H groups in total. The number of carbonyl (C=O) groups is 1. The highest BCUT2D eigenvalue weighted by Crippen LogP contribution is 2.23. The number of guanidine groups is 1. The molecule has 2 aromatic rings. The van der Waals surface area contributed by atoms with E-state index in [1.54, 1.807) is 7.11 Å². The topological polar surface area (TPSA) is 133 Å². The average molecular weight is 441 g/mol. The molecule has 0 spiro atoms. The van der Waals surface area contributed by atoms with E-state index in [-0.39, 0.29) is 12.7 Å². The molecule has 1 aromatic carbocycles. The number of amides is 1. The summed E-state index contributed by atoms with van der Waals surface area (Å²) in [5, 5.41) is 9.15. The van der Waals surface area contributed by atoms with Crippen molar-refractivity contribution in [2.24, 2.45) is 5.73 Å². The first-order valence-electron chi connectivity index (χ1n) is 10.5. The molecule has 0 aliphatic carbocycles. The van der Waals surface area contributed by atoms with Crippen LogP contribution in [0.2, 0.25) is 0 Å². The van der Waals surface area contributed by atoms with Gasteiger partial charge in [0.2, 0.25) is 5.95 Å². The van der Waals surface area contributed by atoms with Gasteiger partial charge in [0.15, 0.2) is 5.96 Å². The van der Waals surface area contributed by atoms with Gasteiger partial charge in [-0.3, -0.25) is 10.7 Å². The van der Waals surface area contributed by atoms with Crippen LogP contribution in [0.5, 0.6) is 0 Å². The summed E-state index contributed by atoms with van der Waals surface area (Å²) in [6, 6.07) is 7.90. The minimum Gasteiger partial charge on any atom is -0.444 e. The zero-order valence-electron chi connectivity index (χ0n) is 18.0. The van der Waals surface area contributed by atoms with Gasteiger partial charge < -0.3 is 29.9 Å². The first-order chi connectivity index (χ1) is 15.5. The lowest BCUT2D eigenvalue weighted by Gasteiger charge is -2.39. The van der Waals surface area contributed by atoms with Crippen LogP contribution in [0.3, 0.4) is 0 Å². The molecule has 0 radical (unpaired) electrons. The fourth-order valence-corrected chi connectivity index (χ4v) is 3.75. The van der Waals surface area contributed by atoms with Crippen LogP contribution in [0.25, 0.3) is 0 Å². The number of benzene rings is 1. The number of hydrogen-bond acceptors (Lipinski definition) is 9. The number of carbonyl (C=O) groups excluding carboxylic acids is 1. The van der Waals surface area contributed by atoms with Crippen molar-refractivity contribution < 1.29 is 14.3 Å². The van der Waals surface area contributed by atoms with Crippen molar-refractivity contribution in [3.8, 4) is 0 Å². The van der Waals surface area contributed by atoms with Gasteiger partial charge in [0, 0.05) is 52.1 Å². The van der Waals surface area contributed by atoms with E-state index in [9.17, 15) is 4.79 Å². The van der Waals surface area contributed by atoms with Gasteiger partial charge in [-0.15, -0.1) is 0 Å². The Hall–Kier alpha value is -3.60. The lowest BCUT2D eigenvalue weighted by molar-refractivity contribution is 0.0778. The second kappa shape index (κ2) is 9.69. The number of nitrogens with one attached hydrogen (secondary N) is 2. The van der Waals surface area contributed by atoms with Crippen LogP contribution in [-0.2, 0) is 16.1 Å². The Kier molecular flexibility index (Phi) is 6.55. The summed E-state index contributed by atoms with van der Waals surface area (Å²) in [7, 11) is 1.73. The van der Waals surface area contributed by atoms with Crippen LogP contribution in [0.4, 0.5) is 22.1 Å². The Morgan fingerprint density at radius 3 is 2.41 bits per heavy atom. The van der Waals surface area contributed by atoms with Gasteiger partial charge in [-0.2, -0.15) is 0 Å². The normalized spacial score (nSPS) is 16.5. The second-order valence-corrected chi connectivity index (χ2v) is 7.76. The van der Waals surface area contributed by atoms with Crippen LogP contribution in [-0.4, -0.2) is 74.5 Å². The zero-order chi connectivity index (χ0) is 22.5. The van der Waals surface area contributed by atoms with Crippen molar-refractivity contribution in [2.45, 2.75) is 12.7 Å². The molecule has 170 valence electrons. The van der Waals surface area contributed by atoms with Crippen molar-refractivity contribution in [3.63, 3.8) is 0 Å². The maximum atomic E-state index is 11.5. The van der Waals surface area contributed by atoms with Crippen molar-refractivity contribution in [2.75, 3.05) is 61.1 Å². The molecule has 0 atom stereocenters. The van der Waals surface area contributed by atoms with E-state index in [0.29, 0.717) is 0 Å². The van der Waals surface area contributed by atoms with Crippen molar-refractivity contribution >= 4 is 29.4 Å². The molecule has 2 saturated heterocycles. The molecule has 1 aromatic heterocycles. The Balaban J connectivity index is 1.28. The molecule has 1 amide bonds. The summed E-state index contributed by atoms with van der Waals surface area (Å²) in [5.41, 5.74) is 8.10. The van der Waals surface area contributed by atoms with Crippen LogP contribution >= 0.6 is 0 Å². The maximum Gasteiger partial charge on any atom is 0.414 e. The van der Waals surface area contributed by atoms with E-state index in [4.69, 9.17) is 20.6 Å². The standard InChI is InChI=1S/C21H28N8O3/c1-31-18-12-29(13-18)20-24-10-17(11-25-20)28-7-5-27(6-8-28)16-4-2-3-15(9-16)14-32-21(30)26-19(22)23/h2-4,9-11,18H,5-8,12-14H2,1H3,(H4,22,23,26,30). The molecule has 0 saturated carbocycles. The average Bonchev–Trinajstić information content (AvgIpc) is 2.77. The molecule has 11 heteroatoms. The molecular weight excluding hydrogens is 412 g/mol. The number of piperazine rings is 1. The Morgan fingerprint density at radius 2 is 1.78 bits per heavy atom. The first kappa shape index (κ1) is 21.6. The molecule has 11 nitrogen and oxygen atoms in total. The van der Waals surface area contributed by atoms with Crippen LogP contribution in [0.1, 0.15) is 5.56 Å². The molecule has 0 unspecified atom stereocenters. The van der Waals surface area contributed by atoms with Crippen molar-refractivity contribution in [1.82, 2.24) is 15.3 Å². The Labute approximate surface area is 186 Å². The third-order valence-corrected chi connectivity index (χ3v) is 5.62. The maximum absolute atomic E-state index is 11.5. The second-order valence-electron chi connectivity index (χ2n) is 7.76. The molecule has 0 bridgehead atoms. The monoisotopic (exact) mass is 440 g/mol. The van der Waals surface area contributed by atoms with Crippen molar-refractivity contribution in [1.29, 1.82) is 5.41 Å². The van der Waals surface area contributed by atoms with E-state index in [0.717, 1.165) is 62.2 Å². The minimum absolute atomic E-state index is 0.110. The summed E-state index contributed by atoms with van der Waals surface area (Å²) in [4.78, 5) is 27.2. The smallest absolute Gasteiger partial charge is 0.414 e. The number of anilines is 3. The number of nitrogens with zero attached hydrogens (tertiary/aromatic N) is 5. The Bertz CT molecular complexity index is 940. The van der Waals surface area contributed by atoms with Crippen LogP contribution < -0.4 is 25.8 Å². The molecule has 2 fully saturated rings. The highest BCUT2D eigenvalue weighted by Gasteiger charge is 2.28. The van der Waals surface area contributed by atoms with Crippen LogP contribution in [0, 0.1) is 5.41 Å². The summed E-state index contributed by atoms with van der Waals surface area (Å²) < 4.78 is 10.4. The van der Waals surface area contributed by atoms with E-state index < -0.39 is 12.1 Å². The van der Waals surface area contributed by atoms with Gasteiger partial charge >= 0.3 is 6.09 Å². The first-order valence-corrected chi connectivity index (χ1v) is 10.5. The highest BCUT2D eigenvalue weighted by atomic mass is 16.5. The van der Waals surface area contributed by atoms with Crippen molar-refractivity contribution in [3.05, 3.63) is 42.2 Å². The summed E-state index contributed by atoms with van der Waals surface area (Å²) >= 11 is 0. The highest BCUT2D eigenvalue weighted by molar-refractivity contribution is 5.90. The molecular formula is C21H28N8O3. The summed E-state index contributed by atoms with van der Waals surface area (Å²) in [5.74, 6) is 0.304. The van der Waals surface area contributed by atoms with Gasteiger partial charge in [0.05, 0.1) is 24.2 Å². The zero-order valence-corrected chi connectivity index (χ0v) is 18.0. The predicted octanol–water partition coefficient (Wildman–Crippen LogP) is 0.758. The number of alkyl carbamates (subject to hydrolysis) is 1. The molecule has 3 heterocycles. The number of ether oxygens (including phenoxy) is 2. The lowest BCUT2D eigenvalue weighted by Crippen LogP contribution is -2.52. The number of rotatable bonds is 6. The van der Waals surface area contributed by atoms with Gasteiger partial charge in [0.25, 0.3) is 0 Å². The molecule has 32 heavy (non-hydrogen) atoms. The SMILES string of the molecule is COC1CN(c2ncc(N3CCN(c4cccc(COC(=O)NC(=N)N)c4)CC3)cn2)C1. The molecule has 2 aliphatic heterocycles. The third kappa shape index (κ3) is 5.17. The van der Waals surface area contributed by atoms with E-state index >= 15 is 0 Å². The predicted molar refractivity (Wildman–Crippen MR) is 121 cm³/mol. The minimum atomic E-state index is -0.739. The van der Waals surface area contributed by atoms with Crippen LogP contribution in [0.15, 0.2) is 36.7 Å². The summed E-state index contributed by atoms with van der Waals surface area (Å²) in [6.45, 7) is 5.22. The fourth-order valence-electron chi connectivity index (χ4n) is 3.75. The van der Waals surface area contributed by atoms with E-state index in [1.165, 1.54) is 0 Å². The summed E-state index contributed by atoms with van der Waals surface area (Å²) in [6.07, 6.45) is 3.32. The number of nitrogens with two attached hydrogens (primary N) is 1. The lowest BCUT2D eigenvalue weighted by atomic mass is 10.1. The number of methoxy groups -OCH3 is 1. The van der Waals surface area contributed by atoms with Gasteiger partial charge in [0.1, 0.15) is 6.61 Å². The van der Waals surface area contributed by atoms with Gasteiger partial charge in [-0.05, 0) is 17.7 Å². The third-order valence-electron chi connectivity index (χ3n) is 5.62. The number of aromatic nitrogens is 2. The molecule has 4 rings (SSSR count). The van der Waals surface area contributed by atoms with Gasteiger partial charge in [-0.25, -0.2) is 14.8 Å².